The van der Waals surface area contributed by atoms with Crippen LogP contribution in [0.15, 0.2) is 83.8 Å². The Morgan fingerprint density at radius 2 is 1.61 bits per heavy atom. The molecule has 0 aliphatic carbocycles. The van der Waals surface area contributed by atoms with Gasteiger partial charge in [-0.2, -0.15) is 4.31 Å². The fourth-order valence-electron chi connectivity index (χ4n) is 4.36. The summed E-state index contributed by atoms with van der Waals surface area (Å²) in [6.07, 6.45) is 1.16. The molecule has 36 heavy (non-hydrogen) atoms. The monoisotopic (exact) mass is 505 g/mol. The summed E-state index contributed by atoms with van der Waals surface area (Å²) in [4.78, 5) is 26.4. The van der Waals surface area contributed by atoms with E-state index in [1.165, 1.54) is 4.31 Å². The summed E-state index contributed by atoms with van der Waals surface area (Å²) in [5, 5.41) is 5.85. The molecule has 188 valence electrons. The van der Waals surface area contributed by atoms with Gasteiger partial charge >= 0.3 is 0 Å². The zero-order chi connectivity index (χ0) is 25.7. The molecule has 2 N–H and O–H groups in total. The van der Waals surface area contributed by atoms with Crippen molar-refractivity contribution in [1.29, 1.82) is 0 Å². The van der Waals surface area contributed by atoms with Crippen LogP contribution >= 0.6 is 0 Å². The predicted molar refractivity (Wildman–Crippen MR) is 140 cm³/mol. The normalized spacial score (nSPS) is 17.2. The Labute approximate surface area is 212 Å². The van der Waals surface area contributed by atoms with Crippen molar-refractivity contribution in [2.24, 2.45) is 5.92 Å². The van der Waals surface area contributed by atoms with Crippen LogP contribution in [0, 0.1) is 12.8 Å². The first kappa shape index (κ1) is 25.6. The molecule has 1 saturated heterocycles. The molecule has 1 aliphatic heterocycles. The van der Waals surface area contributed by atoms with Gasteiger partial charge in [0.25, 0.3) is 5.91 Å². The van der Waals surface area contributed by atoms with Gasteiger partial charge in [-0.3, -0.25) is 9.59 Å². The number of amides is 2. The Morgan fingerprint density at radius 1 is 0.944 bits per heavy atom. The first-order valence-electron chi connectivity index (χ1n) is 12.1. The number of piperidine rings is 1. The molecule has 3 aromatic rings. The molecule has 2 amide bonds. The molecule has 8 heteroatoms. The average molecular weight is 506 g/mol. The minimum absolute atomic E-state index is 0.0987. The fourth-order valence-corrected chi connectivity index (χ4v) is 5.88. The van der Waals surface area contributed by atoms with E-state index in [2.05, 4.69) is 10.6 Å². The molecule has 2 atom stereocenters. The molecule has 1 aliphatic rings. The molecule has 0 radical (unpaired) electrons. The minimum atomic E-state index is -3.69. The van der Waals surface area contributed by atoms with E-state index in [1.807, 2.05) is 44.2 Å². The van der Waals surface area contributed by atoms with Crippen molar-refractivity contribution in [2.75, 3.05) is 18.4 Å². The smallest absolute Gasteiger partial charge is 0.253 e. The topological polar surface area (TPSA) is 95.6 Å². The highest BCUT2D eigenvalue weighted by Crippen LogP contribution is 2.26. The van der Waals surface area contributed by atoms with Crippen LogP contribution in [0.5, 0.6) is 0 Å². The van der Waals surface area contributed by atoms with Crippen LogP contribution in [-0.2, 0) is 14.8 Å². The molecule has 0 bridgehead atoms. The minimum Gasteiger partial charge on any atom is -0.345 e. The Balaban J connectivity index is 1.45. The second-order valence-corrected chi connectivity index (χ2v) is 11.1. The number of nitrogens with one attached hydrogen (secondary N) is 2. The van der Waals surface area contributed by atoms with E-state index in [0.717, 1.165) is 11.1 Å². The lowest BCUT2D eigenvalue weighted by molar-refractivity contribution is -0.120. The molecule has 0 aromatic heterocycles. The van der Waals surface area contributed by atoms with Gasteiger partial charge < -0.3 is 10.6 Å². The second kappa shape index (κ2) is 11.1. The maximum Gasteiger partial charge on any atom is 0.253 e. The van der Waals surface area contributed by atoms with Gasteiger partial charge in [-0.15, -0.1) is 0 Å². The van der Waals surface area contributed by atoms with E-state index in [-0.39, 0.29) is 29.3 Å². The molecule has 0 unspecified atom stereocenters. The number of aryl methyl sites for hydroxylation is 1. The molecule has 1 fully saturated rings. The SMILES string of the molecule is Cc1ccc(S(=O)(=O)N2CCC[C@@H](C(=O)Nc3ccccc3C(=O)N[C@@H](C)c3ccccc3)C2)cc1. The van der Waals surface area contributed by atoms with Crippen LogP contribution in [0.25, 0.3) is 0 Å². The summed E-state index contributed by atoms with van der Waals surface area (Å²) in [5.74, 6) is -1.11. The number of para-hydroxylation sites is 1. The lowest BCUT2D eigenvalue weighted by Crippen LogP contribution is -2.43. The number of anilines is 1. The maximum absolute atomic E-state index is 13.2. The molecular formula is C28H31N3O4S. The van der Waals surface area contributed by atoms with Crippen LogP contribution in [0.3, 0.4) is 0 Å². The lowest BCUT2D eigenvalue weighted by Gasteiger charge is -2.31. The van der Waals surface area contributed by atoms with Crippen LogP contribution in [0.2, 0.25) is 0 Å². The number of sulfonamides is 1. The van der Waals surface area contributed by atoms with Crippen molar-refractivity contribution in [3.8, 4) is 0 Å². The third-order valence-corrected chi connectivity index (χ3v) is 8.37. The predicted octanol–water partition coefficient (Wildman–Crippen LogP) is 4.53. The van der Waals surface area contributed by atoms with Crippen LogP contribution < -0.4 is 10.6 Å². The second-order valence-electron chi connectivity index (χ2n) is 9.16. The van der Waals surface area contributed by atoms with E-state index >= 15 is 0 Å². The summed E-state index contributed by atoms with van der Waals surface area (Å²) < 4.78 is 27.6. The van der Waals surface area contributed by atoms with Gasteiger partial charge in [-0.05, 0) is 56.5 Å². The highest BCUT2D eigenvalue weighted by Gasteiger charge is 2.33. The quantitative estimate of drug-likeness (QED) is 0.493. The van der Waals surface area contributed by atoms with Crippen molar-refractivity contribution in [3.63, 3.8) is 0 Å². The van der Waals surface area contributed by atoms with Gasteiger partial charge in [0.1, 0.15) is 0 Å². The van der Waals surface area contributed by atoms with E-state index < -0.39 is 15.9 Å². The standard InChI is InChI=1S/C28H31N3O4S/c1-20-14-16-24(17-15-20)36(34,35)31-18-8-11-23(19-31)27(32)30-26-13-7-6-12-25(26)28(33)29-21(2)22-9-4-3-5-10-22/h3-7,9-10,12-17,21,23H,8,11,18-19H2,1-2H3,(H,29,33)(H,30,32)/t21-,23+/m0/s1. The van der Waals surface area contributed by atoms with Crippen molar-refractivity contribution in [1.82, 2.24) is 9.62 Å². The number of carbonyl (C=O) groups excluding carboxylic acids is 2. The number of carbonyl (C=O) groups is 2. The first-order chi connectivity index (χ1) is 17.3. The summed E-state index contributed by atoms with van der Waals surface area (Å²) in [7, 11) is -3.69. The zero-order valence-electron chi connectivity index (χ0n) is 20.5. The summed E-state index contributed by atoms with van der Waals surface area (Å²) in [6.45, 7) is 4.27. The number of nitrogens with zero attached hydrogens (tertiary/aromatic N) is 1. The van der Waals surface area contributed by atoms with Crippen molar-refractivity contribution in [3.05, 3.63) is 95.6 Å². The zero-order valence-corrected chi connectivity index (χ0v) is 21.3. The Bertz CT molecular complexity index is 1320. The third kappa shape index (κ3) is 5.83. The van der Waals surface area contributed by atoms with E-state index in [9.17, 15) is 18.0 Å². The largest absolute Gasteiger partial charge is 0.345 e. The fraction of sp³-hybridized carbons (Fsp3) is 0.286. The number of rotatable bonds is 7. The molecule has 7 nitrogen and oxygen atoms in total. The van der Waals surface area contributed by atoms with E-state index in [0.29, 0.717) is 30.6 Å². The van der Waals surface area contributed by atoms with Gasteiger partial charge in [0.05, 0.1) is 28.1 Å². The molecule has 4 rings (SSSR count). The molecular weight excluding hydrogens is 474 g/mol. The Hall–Kier alpha value is -3.49. The van der Waals surface area contributed by atoms with Crippen molar-refractivity contribution < 1.29 is 18.0 Å². The number of benzene rings is 3. The average Bonchev–Trinajstić information content (AvgIpc) is 2.89. The Kier molecular flexibility index (Phi) is 7.86. The lowest BCUT2D eigenvalue weighted by atomic mass is 9.98. The van der Waals surface area contributed by atoms with E-state index in [1.54, 1.807) is 48.5 Å². The number of hydrogen-bond donors (Lipinski definition) is 2. The molecule has 0 spiro atoms. The summed E-state index contributed by atoms with van der Waals surface area (Å²) in [6, 6.07) is 23.0. The maximum atomic E-state index is 13.2. The van der Waals surface area contributed by atoms with Gasteiger partial charge in [0, 0.05) is 13.1 Å². The van der Waals surface area contributed by atoms with Crippen LogP contribution in [0.1, 0.15) is 47.3 Å². The highest BCUT2D eigenvalue weighted by atomic mass is 32.2. The summed E-state index contributed by atoms with van der Waals surface area (Å²) >= 11 is 0. The van der Waals surface area contributed by atoms with Gasteiger partial charge in [0.15, 0.2) is 0 Å². The van der Waals surface area contributed by atoms with Gasteiger partial charge in [-0.1, -0.05) is 60.2 Å². The Morgan fingerprint density at radius 3 is 2.33 bits per heavy atom. The van der Waals surface area contributed by atoms with E-state index in [4.69, 9.17) is 0 Å². The molecule has 3 aromatic carbocycles. The van der Waals surface area contributed by atoms with Gasteiger partial charge in [0.2, 0.25) is 15.9 Å². The van der Waals surface area contributed by atoms with Crippen LogP contribution in [0.4, 0.5) is 5.69 Å². The highest BCUT2D eigenvalue weighted by molar-refractivity contribution is 7.89. The summed E-state index contributed by atoms with van der Waals surface area (Å²) in [5.41, 5.74) is 2.71. The first-order valence-corrected chi connectivity index (χ1v) is 13.5. The van der Waals surface area contributed by atoms with Crippen molar-refractivity contribution in [2.45, 2.75) is 37.6 Å². The van der Waals surface area contributed by atoms with Gasteiger partial charge in [-0.25, -0.2) is 8.42 Å². The van der Waals surface area contributed by atoms with Crippen LogP contribution in [-0.4, -0.2) is 37.6 Å². The third-order valence-electron chi connectivity index (χ3n) is 6.49. The van der Waals surface area contributed by atoms with Crippen molar-refractivity contribution >= 4 is 27.5 Å². The number of hydrogen-bond acceptors (Lipinski definition) is 4. The molecule has 0 saturated carbocycles. The molecule has 1 heterocycles.